The molecule has 1 N–H and O–H groups in total. The smallest absolute Gasteiger partial charge is 0.243 e. The molecule has 47 heavy (non-hydrogen) atoms. The Hall–Kier alpha value is -4.74. The number of benzene rings is 4. The van der Waals surface area contributed by atoms with Gasteiger partial charge in [-0.25, -0.2) is 12.8 Å². The number of sulfonamides is 1. The molecule has 4 aromatic rings. The molecule has 248 valence electrons. The summed E-state index contributed by atoms with van der Waals surface area (Å²) in [5.74, 6) is -0.245. The van der Waals surface area contributed by atoms with Gasteiger partial charge in [0.25, 0.3) is 0 Å². The summed E-state index contributed by atoms with van der Waals surface area (Å²) in [5, 5.41) is 2.97. The molecule has 0 aromatic heterocycles. The minimum Gasteiger partial charge on any atom is -0.493 e. The van der Waals surface area contributed by atoms with Crippen LogP contribution in [0.1, 0.15) is 22.3 Å². The van der Waals surface area contributed by atoms with Gasteiger partial charge in [-0.3, -0.25) is 9.59 Å². The van der Waals surface area contributed by atoms with Gasteiger partial charge in [-0.2, -0.15) is 4.31 Å². The van der Waals surface area contributed by atoms with Crippen molar-refractivity contribution in [3.05, 3.63) is 131 Å². The second-order valence-electron chi connectivity index (χ2n) is 11.1. The average Bonchev–Trinajstić information content (AvgIpc) is 3.07. The van der Waals surface area contributed by atoms with E-state index in [1.165, 1.54) is 17.0 Å². The third-order valence-electron chi connectivity index (χ3n) is 7.68. The van der Waals surface area contributed by atoms with Gasteiger partial charge in [-0.1, -0.05) is 78.9 Å². The molecule has 0 radical (unpaired) electrons. The maximum Gasteiger partial charge on any atom is 0.243 e. The van der Waals surface area contributed by atoms with Crippen LogP contribution in [0, 0.1) is 5.82 Å². The van der Waals surface area contributed by atoms with Crippen molar-refractivity contribution < 1.29 is 31.9 Å². The molecule has 9 nitrogen and oxygen atoms in total. The van der Waals surface area contributed by atoms with Crippen LogP contribution in [-0.2, 0) is 45.5 Å². The quantitative estimate of drug-likeness (QED) is 0.188. The molecule has 0 spiro atoms. The van der Waals surface area contributed by atoms with Crippen LogP contribution in [0.15, 0.2) is 103 Å². The highest BCUT2D eigenvalue weighted by molar-refractivity contribution is 7.88. The Morgan fingerprint density at radius 3 is 1.94 bits per heavy atom. The first-order chi connectivity index (χ1) is 22.6. The van der Waals surface area contributed by atoms with E-state index in [1.54, 1.807) is 56.7 Å². The van der Waals surface area contributed by atoms with E-state index in [1.807, 2.05) is 48.5 Å². The molecule has 2 amide bonds. The number of nitrogens with zero attached hydrogens (tertiary/aromatic N) is 2. The fourth-order valence-electron chi connectivity index (χ4n) is 5.14. The van der Waals surface area contributed by atoms with Gasteiger partial charge in [0.1, 0.15) is 11.9 Å². The molecule has 11 heteroatoms. The summed E-state index contributed by atoms with van der Waals surface area (Å²) in [5.41, 5.74) is 3.02. The van der Waals surface area contributed by atoms with Crippen molar-refractivity contribution in [3.63, 3.8) is 0 Å². The minimum atomic E-state index is -3.81. The topological polar surface area (TPSA) is 105 Å². The normalized spacial score (nSPS) is 11.9. The molecule has 0 unspecified atom stereocenters. The van der Waals surface area contributed by atoms with Gasteiger partial charge in [0.05, 0.1) is 27.0 Å². The fraction of sp³-hybridized carbons (Fsp3) is 0.278. The van der Waals surface area contributed by atoms with Gasteiger partial charge in [0.15, 0.2) is 11.5 Å². The van der Waals surface area contributed by atoms with Crippen LogP contribution in [0.4, 0.5) is 4.39 Å². The first-order valence-electron chi connectivity index (χ1n) is 15.1. The summed E-state index contributed by atoms with van der Waals surface area (Å²) in [7, 11) is -0.708. The molecule has 4 aromatic carbocycles. The molecule has 0 saturated heterocycles. The van der Waals surface area contributed by atoms with Crippen molar-refractivity contribution in [2.75, 3.05) is 33.6 Å². The van der Waals surface area contributed by atoms with Crippen molar-refractivity contribution >= 4 is 21.8 Å². The number of rotatable bonds is 16. The second-order valence-corrected chi connectivity index (χ2v) is 13.1. The SMILES string of the molecule is COc1ccc(CCNC(=O)[C@@H](Cc2ccccc2)N(Cc2ccc(F)cc2)C(=O)CN(Cc2ccccc2)S(C)(=O)=O)cc1OC. The van der Waals surface area contributed by atoms with Crippen LogP contribution in [0.3, 0.4) is 0 Å². The van der Waals surface area contributed by atoms with E-state index in [0.29, 0.717) is 29.0 Å². The predicted octanol–water partition coefficient (Wildman–Crippen LogP) is 4.60. The molecule has 0 aliphatic heterocycles. The van der Waals surface area contributed by atoms with Crippen LogP contribution < -0.4 is 14.8 Å². The number of nitrogens with one attached hydrogen (secondary N) is 1. The standard InChI is InChI=1S/C36H40FN3O6S/c1-45-33-19-16-28(23-34(33)46-2)20-21-38-36(42)32(22-27-10-6-4-7-11-27)40(25-30-14-17-31(37)18-15-30)35(41)26-39(47(3,43)44)24-29-12-8-5-9-13-29/h4-19,23,32H,20-22,24-26H2,1-3H3,(H,38,42)/t32-/m1/s1. The lowest BCUT2D eigenvalue weighted by atomic mass is 10.0. The van der Waals surface area contributed by atoms with E-state index < -0.39 is 40.2 Å². The average molecular weight is 662 g/mol. The van der Waals surface area contributed by atoms with Crippen LogP contribution >= 0.6 is 0 Å². The molecule has 0 heterocycles. The lowest BCUT2D eigenvalue weighted by molar-refractivity contribution is -0.141. The molecular formula is C36H40FN3O6S. The number of hydrogen-bond acceptors (Lipinski definition) is 6. The third kappa shape index (κ3) is 10.4. The van der Waals surface area contributed by atoms with Crippen molar-refractivity contribution in [2.45, 2.75) is 32.0 Å². The van der Waals surface area contributed by atoms with Gasteiger partial charge in [0, 0.05) is 26.1 Å². The summed E-state index contributed by atoms with van der Waals surface area (Å²) in [6, 6.07) is 28.4. The number of amides is 2. The van der Waals surface area contributed by atoms with E-state index in [0.717, 1.165) is 21.7 Å². The summed E-state index contributed by atoms with van der Waals surface area (Å²) in [6.07, 6.45) is 1.71. The number of hydrogen-bond donors (Lipinski definition) is 1. The maximum atomic E-state index is 14.2. The summed E-state index contributed by atoms with van der Waals surface area (Å²) in [6.45, 7) is -0.278. The minimum absolute atomic E-state index is 0.0172. The number of carbonyl (C=O) groups excluding carboxylic acids is 2. The Balaban J connectivity index is 1.63. The highest BCUT2D eigenvalue weighted by atomic mass is 32.2. The fourth-order valence-corrected chi connectivity index (χ4v) is 5.87. The first-order valence-corrected chi connectivity index (χ1v) is 17.0. The Kier molecular flexibility index (Phi) is 12.5. The number of carbonyl (C=O) groups is 2. The molecular weight excluding hydrogens is 621 g/mol. The van der Waals surface area contributed by atoms with Crippen LogP contribution in [0.25, 0.3) is 0 Å². The van der Waals surface area contributed by atoms with Crippen molar-refractivity contribution in [1.29, 1.82) is 0 Å². The monoisotopic (exact) mass is 661 g/mol. The van der Waals surface area contributed by atoms with E-state index in [2.05, 4.69) is 5.32 Å². The maximum absolute atomic E-state index is 14.2. The van der Waals surface area contributed by atoms with Crippen molar-refractivity contribution in [2.24, 2.45) is 0 Å². The Morgan fingerprint density at radius 2 is 1.34 bits per heavy atom. The Labute approximate surface area is 276 Å². The third-order valence-corrected chi connectivity index (χ3v) is 8.88. The zero-order chi connectivity index (χ0) is 33.8. The number of halogens is 1. The lowest BCUT2D eigenvalue weighted by Gasteiger charge is -2.33. The molecule has 0 aliphatic rings. The van der Waals surface area contributed by atoms with E-state index in [9.17, 15) is 22.4 Å². The Morgan fingerprint density at radius 1 is 0.766 bits per heavy atom. The number of ether oxygens (including phenoxy) is 2. The summed E-state index contributed by atoms with van der Waals surface area (Å²) in [4.78, 5) is 29.5. The molecule has 1 atom stereocenters. The Bertz CT molecular complexity index is 1720. The largest absolute Gasteiger partial charge is 0.493 e. The first kappa shape index (κ1) is 35.1. The van der Waals surface area contributed by atoms with Gasteiger partial charge >= 0.3 is 0 Å². The van der Waals surface area contributed by atoms with Gasteiger partial charge in [-0.05, 0) is 52.9 Å². The van der Waals surface area contributed by atoms with Crippen LogP contribution in [0.2, 0.25) is 0 Å². The highest BCUT2D eigenvalue weighted by Crippen LogP contribution is 2.27. The molecule has 0 fully saturated rings. The van der Waals surface area contributed by atoms with Crippen molar-refractivity contribution in [3.8, 4) is 11.5 Å². The number of methoxy groups -OCH3 is 2. The lowest BCUT2D eigenvalue weighted by Crippen LogP contribution is -2.53. The summed E-state index contributed by atoms with van der Waals surface area (Å²) >= 11 is 0. The highest BCUT2D eigenvalue weighted by Gasteiger charge is 2.33. The molecule has 0 aliphatic carbocycles. The van der Waals surface area contributed by atoms with Gasteiger partial charge in [-0.15, -0.1) is 0 Å². The molecule has 0 bridgehead atoms. The van der Waals surface area contributed by atoms with Crippen LogP contribution in [-0.4, -0.2) is 69.0 Å². The zero-order valence-corrected chi connectivity index (χ0v) is 27.6. The van der Waals surface area contributed by atoms with E-state index in [4.69, 9.17) is 9.47 Å². The van der Waals surface area contributed by atoms with Crippen molar-refractivity contribution in [1.82, 2.24) is 14.5 Å². The zero-order valence-electron chi connectivity index (χ0n) is 26.8. The van der Waals surface area contributed by atoms with Gasteiger partial charge in [0.2, 0.25) is 21.8 Å². The van der Waals surface area contributed by atoms with E-state index >= 15 is 0 Å². The predicted molar refractivity (Wildman–Crippen MR) is 179 cm³/mol. The second kappa shape index (κ2) is 16.7. The van der Waals surface area contributed by atoms with Crippen LogP contribution in [0.5, 0.6) is 11.5 Å². The van der Waals surface area contributed by atoms with Gasteiger partial charge < -0.3 is 19.7 Å². The van der Waals surface area contributed by atoms with E-state index in [-0.39, 0.29) is 26.1 Å². The molecule has 4 rings (SSSR count). The molecule has 0 saturated carbocycles. The summed E-state index contributed by atoms with van der Waals surface area (Å²) < 4.78 is 51.3.